The molecule has 24 heavy (non-hydrogen) atoms. The molecule has 1 amide bonds. The van der Waals surface area contributed by atoms with Crippen LogP contribution >= 0.6 is 0 Å². The van der Waals surface area contributed by atoms with Gasteiger partial charge in [-0.2, -0.15) is 0 Å². The van der Waals surface area contributed by atoms with Gasteiger partial charge in [-0.05, 0) is 36.2 Å². The summed E-state index contributed by atoms with van der Waals surface area (Å²) >= 11 is 0. The fraction of sp³-hybridized carbons (Fsp3) is 0.263. The van der Waals surface area contributed by atoms with Crippen molar-refractivity contribution < 1.29 is 9.53 Å². The van der Waals surface area contributed by atoms with Crippen molar-refractivity contribution in [2.24, 2.45) is 13.0 Å². The summed E-state index contributed by atoms with van der Waals surface area (Å²) in [4.78, 5) is 16.7. The number of ether oxygens (including phenoxy) is 1. The number of fused-ring (bicyclic) bond motifs is 2. The van der Waals surface area contributed by atoms with Crippen LogP contribution in [0, 0.1) is 5.92 Å². The number of carbonyl (C=O) groups excluding carboxylic acids is 1. The lowest BCUT2D eigenvalue weighted by molar-refractivity contribution is 0.0939. The van der Waals surface area contributed by atoms with Gasteiger partial charge in [0.15, 0.2) is 0 Å². The zero-order valence-electron chi connectivity index (χ0n) is 13.5. The van der Waals surface area contributed by atoms with Gasteiger partial charge in [-0.15, -0.1) is 0 Å². The molecule has 1 aliphatic heterocycles. The van der Waals surface area contributed by atoms with Crippen LogP contribution in [0.2, 0.25) is 0 Å². The summed E-state index contributed by atoms with van der Waals surface area (Å²) in [6.07, 6.45) is 2.68. The van der Waals surface area contributed by atoms with E-state index in [0.717, 1.165) is 23.2 Å². The Morgan fingerprint density at radius 1 is 1.33 bits per heavy atom. The first-order chi connectivity index (χ1) is 11.7. The van der Waals surface area contributed by atoms with E-state index in [1.165, 1.54) is 5.56 Å². The first-order valence-electron chi connectivity index (χ1n) is 8.10. The number of carbonyl (C=O) groups is 1. The van der Waals surface area contributed by atoms with Crippen molar-refractivity contribution in [3.8, 4) is 5.75 Å². The monoisotopic (exact) mass is 321 g/mol. The number of rotatable bonds is 3. The lowest BCUT2D eigenvalue weighted by Crippen LogP contribution is -2.34. The summed E-state index contributed by atoms with van der Waals surface area (Å²) in [5, 5.41) is 3.02. The molecule has 1 aliphatic rings. The molecule has 4 rings (SSSR count). The molecule has 0 radical (unpaired) electrons. The van der Waals surface area contributed by atoms with E-state index in [0.29, 0.717) is 24.6 Å². The minimum atomic E-state index is -0.0681. The summed E-state index contributed by atoms with van der Waals surface area (Å²) in [6.45, 7) is 1.24. The number of nitrogens with zero attached hydrogens (tertiary/aromatic N) is 2. The molecular weight excluding hydrogens is 302 g/mol. The molecule has 1 unspecified atom stereocenters. The van der Waals surface area contributed by atoms with Crippen LogP contribution in [0.5, 0.6) is 5.75 Å². The van der Waals surface area contributed by atoms with Crippen LogP contribution in [0.1, 0.15) is 15.9 Å². The molecule has 2 aromatic carbocycles. The van der Waals surface area contributed by atoms with E-state index < -0.39 is 0 Å². The highest BCUT2D eigenvalue weighted by Gasteiger charge is 2.20. The van der Waals surface area contributed by atoms with Gasteiger partial charge in [0.25, 0.3) is 5.91 Å². The Bertz CT molecular complexity index is 901. The fourth-order valence-corrected chi connectivity index (χ4v) is 3.14. The second kappa shape index (κ2) is 6.00. The van der Waals surface area contributed by atoms with Gasteiger partial charge in [-0.1, -0.05) is 18.2 Å². The number of nitrogens with one attached hydrogen (secondary N) is 1. The lowest BCUT2D eigenvalue weighted by Gasteiger charge is -2.25. The van der Waals surface area contributed by atoms with Crippen molar-refractivity contribution >= 4 is 16.9 Å². The molecule has 1 atom stereocenters. The number of amides is 1. The Morgan fingerprint density at radius 2 is 2.21 bits per heavy atom. The summed E-state index contributed by atoms with van der Waals surface area (Å²) in [6, 6.07) is 13.7. The molecule has 2 heterocycles. The number of aromatic nitrogens is 2. The van der Waals surface area contributed by atoms with Gasteiger partial charge in [0, 0.05) is 25.1 Å². The van der Waals surface area contributed by atoms with Crippen LogP contribution in [-0.2, 0) is 13.5 Å². The van der Waals surface area contributed by atoms with Gasteiger partial charge < -0.3 is 14.6 Å². The van der Waals surface area contributed by atoms with Gasteiger partial charge in [0.2, 0.25) is 0 Å². The number of hydrogen-bond donors (Lipinski definition) is 1. The van der Waals surface area contributed by atoms with Crippen LogP contribution in [0.3, 0.4) is 0 Å². The third kappa shape index (κ3) is 2.73. The van der Waals surface area contributed by atoms with Crippen molar-refractivity contribution in [2.75, 3.05) is 13.2 Å². The van der Waals surface area contributed by atoms with Gasteiger partial charge in [0.05, 0.1) is 24.0 Å². The molecule has 0 saturated carbocycles. The molecule has 0 fully saturated rings. The Labute approximate surface area is 140 Å². The quantitative estimate of drug-likeness (QED) is 0.806. The average molecular weight is 321 g/mol. The van der Waals surface area contributed by atoms with E-state index in [1.807, 2.05) is 48.0 Å². The van der Waals surface area contributed by atoms with Crippen LogP contribution < -0.4 is 10.1 Å². The molecule has 1 N–H and O–H groups in total. The van der Waals surface area contributed by atoms with E-state index in [4.69, 9.17) is 4.74 Å². The van der Waals surface area contributed by atoms with Crippen LogP contribution in [0.4, 0.5) is 0 Å². The highest BCUT2D eigenvalue weighted by atomic mass is 16.5. The first-order valence-corrected chi connectivity index (χ1v) is 8.10. The van der Waals surface area contributed by atoms with Crippen LogP contribution in [-0.4, -0.2) is 28.6 Å². The van der Waals surface area contributed by atoms with Gasteiger partial charge in [-0.3, -0.25) is 4.79 Å². The normalized spacial score (nSPS) is 16.5. The van der Waals surface area contributed by atoms with Crippen LogP contribution in [0.25, 0.3) is 11.0 Å². The Morgan fingerprint density at radius 3 is 3.12 bits per heavy atom. The summed E-state index contributed by atoms with van der Waals surface area (Å²) in [5.74, 6) is 1.18. The Hall–Kier alpha value is -2.82. The third-order valence-electron chi connectivity index (χ3n) is 4.49. The van der Waals surface area contributed by atoms with Gasteiger partial charge in [-0.25, -0.2) is 4.98 Å². The maximum atomic E-state index is 12.4. The van der Waals surface area contributed by atoms with E-state index >= 15 is 0 Å². The van der Waals surface area contributed by atoms with Crippen molar-refractivity contribution in [1.29, 1.82) is 0 Å². The topological polar surface area (TPSA) is 56.2 Å². The highest BCUT2D eigenvalue weighted by Crippen LogP contribution is 2.26. The predicted octanol–water partition coefficient (Wildman–Crippen LogP) is 2.55. The fourth-order valence-electron chi connectivity index (χ4n) is 3.14. The zero-order valence-corrected chi connectivity index (χ0v) is 13.5. The molecule has 5 nitrogen and oxygen atoms in total. The second-order valence-electron chi connectivity index (χ2n) is 6.26. The Kier molecular flexibility index (Phi) is 3.69. The SMILES string of the molecule is Cn1cnc2cc(C(=O)NCC3COc4ccccc4C3)ccc21. The molecule has 1 aromatic heterocycles. The first kappa shape index (κ1) is 14.8. The Balaban J connectivity index is 1.41. The number of para-hydroxylation sites is 1. The molecule has 122 valence electrons. The van der Waals surface area contributed by atoms with Gasteiger partial charge in [0.1, 0.15) is 5.75 Å². The molecule has 0 bridgehead atoms. The maximum absolute atomic E-state index is 12.4. The van der Waals surface area contributed by atoms with Crippen LogP contribution in [0.15, 0.2) is 48.8 Å². The predicted molar refractivity (Wildman–Crippen MR) is 92.2 cm³/mol. The molecule has 0 saturated heterocycles. The van der Waals surface area contributed by atoms with Crippen molar-refractivity contribution in [3.63, 3.8) is 0 Å². The average Bonchev–Trinajstić information content (AvgIpc) is 3.00. The third-order valence-corrected chi connectivity index (χ3v) is 4.49. The summed E-state index contributed by atoms with van der Waals surface area (Å²) in [7, 11) is 1.94. The number of benzene rings is 2. The van der Waals surface area contributed by atoms with Crippen molar-refractivity contribution in [2.45, 2.75) is 6.42 Å². The number of aryl methyl sites for hydroxylation is 1. The summed E-state index contributed by atoms with van der Waals surface area (Å²) < 4.78 is 7.71. The second-order valence-corrected chi connectivity index (χ2v) is 6.26. The maximum Gasteiger partial charge on any atom is 0.251 e. The molecule has 5 heteroatoms. The lowest BCUT2D eigenvalue weighted by atomic mass is 9.96. The van der Waals surface area contributed by atoms with E-state index in [1.54, 1.807) is 6.33 Å². The van der Waals surface area contributed by atoms with E-state index in [-0.39, 0.29) is 5.91 Å². The number of imidazole rings is 1. The highest BCUT2D eigenvalue weighted by molar-refractivity contribution is 5.97. The van der Waals surface area contributed by atoms with Crippen molar-refractivity contribution in [3.05, 3.63) is 59.9 Å². The smallest absolute Gasteiger partial charge is 0.251 e. The minimum absolute atomic E-state index is 0.0681. The van der Waals surface area contributed by atoms with E-state index in [9.17, 15) is 4.79 Å². The minimum Gasteiger partial charge on any atom is -0.493 e. The van der Waals surface area contributed by atoms with Gasteiger partial charge >= 0.3 is 0 Å². The molecule has 0 spiro atoms. The zero-order chi connectivity index (χ0) is 16.5. The van der Waals surface area contributed by atoms with Crippen molar-refractivity contribution in [1.82, 2.24) is 14.9 Å². The summed E-state index contributed by atoms with van der Waals surface area (Å²) in [5.41, 5.74) is 3.69. The number of hydrogen-bond acceptors (Lipinski definition) is 3. The van der Waals surface area contributed by atoms with E-state index in [2.05, 4.69) is 16.4 Å². The molecule has 0 aliphatic carbocycles. The molecule has 3 aromatic rings. The largest absolute Gasteiger partial charge is 0.493 e. The standard InChI is InChI=1S/C19H19N3O2/c1-22-12-21-16-9-15(6-7-17(16)22)19(23)20-10-13-8-14-4-2-3-5-18(14)24-11-13/h2-7,9,12-13H,8,10-11H2,1H3,(H,20,23). The molecular formula is C19H19N3O2.